The summed E-state index contributed by atoms with van der Waals surface area (Å²) in [6.07, 6.45) is 1.70. The summed E-state index contributed by atoms with van der Waals surface area (Å²) in [5.41, 5.74) is 1.21. The van der Waals surface area contributed by atoms with Crippen molar-refractivity contribution in [3.05, 3.63) is 65.5 Å². The molecule has 4 rings (SSSR count). The number of alkyl halides is 3. The summed E-state index contributed by atoms with van der Waals surface area (Å²) >= 11 is 0. The van der Waals surface area contributed by atoms with Crippen molar-refractivity contribution in [2.75, 3.05) is 26.2 Å². The molecule has 28 heavy (non-hydrogen) atoms. The van der Waals surface area contributed by atoms with Crippen LogP contribution in [0.5, 0.6) is 0 Å². The Kier molecular flexibility index (Phi) is 5.43. The van der Waals surface area contributed by atoms with Gasteiger partial charge in [-0.1, -0.05) is 30.3 Å². The van der Waals surface area contributed by atoms with Crippen LogP contribution < -0.4 is 0 Å². The highest BCUT2D eigenvalue weighted by Crippen LogP contribution is 2.46. The van der Waals surface area contributed by atoms with Crippen LogP contribution in [0.15, 0.2) is 48.8 Å². The summed E-state index contributed by atoms with van der Waals surface area (Å²) in [4.78, 5) is 8.90. The summed E-state index contributed by atoms with van der Waals surface area (Å²) in [6, 6.07) is 11.6. The SMILES string of the molecule is FC(F)(F)c1ccncc1CCC1(N2CCN(Cc3ccccc3)CC2)CC1. The van der Waals surface area contributed by atoms with Crippen molar-refractivity contribution in [1.82, 2.24) is 14.8 Å². The fourth-order valence-corrected chi connectivity index (χ4v) is 4.36. The van der Waals surface area contributed by atoms with E-state index in [1.807, 2.05) is 6.07 Å². The average molecular weight is 389 g/mol. The Morgan fingerprint density at radius 2 is 1.68 bits per heavy atom. The number of aromatic nitrogens is 1. The minimum atomic E-state index is -4.31. The molecule has 0 unspecified atom stereocenters. The van der Waals surface area contributed by atoms with E-state index >= 15 is 0 Å². The minimum Gasteiger partial charge on any atom is -0.297 e. The highest BCUT2D eigenvalue weighted by atomic mass is 19.4. The fourth-order valence-electron chi connectivity index (χ4n) is 4.36. The first-order chi connectivity index (χ1) is 13.5. The summed E-state index contributed by atoms with van der Waals surface area (Å²) < 4.78 is 39.7. The predicted octanol–water partition coefficient (Wildman–Crippen LogP) is 4.38. The van der Waals surface area contributed by atoms with E-state index in [1.54, 1.807) is 0 Å². The molecular formula is C22H26F3N3. The molecule has 1 aliphatic heterocycles. The first kappa shape index (κ1) is 19.4. The van der Waals surface area contributed by atoms with Crippen LogP contribution in [0.2, 0.25) is 0 Å². The lowest BCUT2D eigenvalue weighted by Gasteiger charge is -2.40. The van der Waals surface area contributed by atoms with Crippen LogP contribution in [-0.4, -0.2) is 46.5 Å². The van der Waals surface area contributed by atoms with E-state index in [0.29, 0.717) is 12.0 Å². The Bertz CT molecular complexity index is 779. The molecule has 0 bridgehead atoms. The summed E-state index contributed by atoms with van der Waals surface area (Å²) in [6.45, 7) is 4.97. The molecule has 1 aromatic carbocycles. The number of hydrogen-bond donors (Lipinski definition) is 0. The smallest absolute Gasteiger partial charge is 0.297 e. The second-order valence-electron chi connectivity index (χ2n) is 8.00. The minimum absolute atomic E-state index is 0.0948. The van der Waals surface area contributed by atoms with Crippen LogP contribution in [0.25, 0.3) is 0 Å². The van der Waals surface area contributed by atoms with Crippen molar-refractivity contribution >= 4 is 0 Å². The first-order valence-corrected chi connectivity index (χ1v) is 9.98. The summed E-state index contributed by atoms with van der Waals surface area (Å²) in [7, 11) is 0. The number of benzene rings is 1. The zero-order valence-corrected chi connectivity index (χ0v) is 16.0. The molecule has 1 saturated heterocycles. The molecule has 3 nitrogen and oxygen atoms in total. The predicted molar refractivity (Wildman–Crippen MR) is 103 cm³/mol. The maximum absolute atomic E-state index is 13.2. The van der Waals surface area contributed by atoms with Gasteiger partial charge in [0.2, 0.25) is 0 Å². The molecule has 0 N–H and O–H groups in total. The Hall–Kier alpha value is -1.92. The molecule has 0 radical (unpaired) electrons. The molecule has 0 spiro atoms. The van der Waals surface area contributed by atoms with Crippen molar-refractivity contribution in [3.8, 4) is 0 Å². The van der Waals surface area contributed by atoms with E-state index in [1.165, 1.54) is 18.0 Å². The lowest BCUT2D eigenvalue weighted by atomic mass is 9.99. The van der Waals surface area contributed by atoms with E-state index in [-0.39, 0.29) is 5.54 Å². The molecule has 0 atom stereocenters. The summed E-state index contributed by atoms with van der Waals surface area (Å²) in [5.74, 6) is 0. The third kappa shape index (κ3) is 4.39. The van der Waals surface area contributed by atoms with Gasteiger partial charge in [0.15, 0.2) is 0 Å². The van der Waals surface area contributed by atoms with Crippen LogP contribution >= 0.6 is 0 Å². The van der Waals surface area contributed by atoms with Crippen molar-refractivity contribution in [2.45, 2.75) is 43.9 Å². The van der Waals surface area contributed by atoms with Gasteiger partial charge >= 0.3 is 6.18 Å². The van der Waals surface area contributed by atoms with E-state index in [0.717, 1.165) is 58.1 Å². The number of rotatable bonds is 6. The molecule has 1 aliphatic carbocycles. The van der Waals surface area contributed by atoms with Crippen LogP contribution in [0.3, 0.4) is 0 Å². The van der Waals surface area contributed by atoms with Crippen LogP contribution in [-0.2, 0) is 19.1 Å². The Morgan fingerprint density at radius 3 is 2.32 bits per heavy atom. The lowest BCUT2D eigenvalue weighted by Crippen LogP contribution is -2.51. The standard InChI is InChI=1S/C22H26F3N3/c23-22(24,25)20-7-11-26-16-19(20)6-8-21(9-10-21)28-14-12-27(13-15-28)17-18-4-2-1-3-5-18/h1-5,7,11,16H,6,8-10,12-15,17H2. The van der Waals surface area contributed by atoms with Gasteiger partial charge in [0.05, 0.1) is 5.56 Å². The zero-order chi connectivity index (χ0) is 19.6. The van der Waals surface area contributed by atoms with Gasteiger partial charge in [-0.05, 0) is 42.9 Å². The topological polar surface area (TPSA) is 19.4 Å². The van der Waals surface area contributed by atoms with Crippen molar-refractivity contribution < 1.29 is 13.2 Å². The molecular weight excluding hydrogens is 363 g/mol. The van der Waals surface area contributed by atoms with Gasteiger partial charge in [-0.2, -0.15) is 13.2 Å². The number of aryl methyl sites for hydroxylation is 1. The van der Waals surface area contributed by atoms with Crippen molar-refractivity contribution in [2.24, 2.45) is 0 Å². The Morgan fingerprint density at radius 1 is 0.964 bits per heavy atom. The molecule has 2 fully saturated rings. The lowest BCUT2D eigenvalue weighted by molar-refractivity contribution is -0.138. The number of pyridine rings is 1. The molecule has 150 valence electrons. The number of hydrogen-bond acceptors (Lipinski definition) is 3. The quantitative estimate of drug-likeness (QED) is 0.731. The normalized spacial score (nSPS) is 20.2. The highest BCUT2D eigenvalue weighted by molar-refractivity contribution is 5.27. The van der Waals surface area contributed by atoms with Gasteiger partial charge in [0, 0.05) is 50.7 Å². The maximum atomic E-state index is 13.2. The van der Waals surface area contributed by atoms with Crippen LogP contribution in [0, 0.1) is 0 Å². The largest absolute Gasteiger partial charge is 0.416 e. The van der Waals surface area contributed by atoms with Gasteiger partial charge in [-0.3, -0.25) is 14.8 Å². The van der Waals surface area contributed by atoms with Crippen LogP contribution in [0.1, 0.15) is 36.0 Å². The third-order valence-electron chi connectivity index (χ3n) is 6.19. The molecule has 2 heterocycles. The second-order valence-corrected chi connectivity index (χ2v) is 8.00. The Labute approximate surface area is 164 Å². The van der Waals surface area contributed by atoms with Crippen molar-refractivity contribution in [3.63, 3.8) is 0 Å². The van der Waals surface area contributed by atoms with Crippen LogP contribution in [0.4, 0.5) is 13.2 Å². The van der Waals surface area contributed by atoms with E-state index in [2.05, 4.69) is 39.0 Å². The second kappa shape index (κ2) is 7.84. The molecule has 1 aromatic heterocycles. The molecule has 6 heteroatoms. The number of nitrogens with zero attached hydrogens (tertiary/aromatic N) is 3. The zero-order valence-electron chi connectivity index (χ0n) is 16.0. The molecule has 0 amide bonds. The molecule has 2 aromatic rings. The van der Waals surface area contributed by atoms with Gasteiger partial charge < -0.3 is 0 Å². The van der Waals surface area contributed by atoms with Gasteiger partial charge in [-0.15, -0.1) is 0 Å². The number of piperazine rings is 1. The molecule has 1 saturated carbocycles. The van der Waals surface area contributed by atoms with E-state index in [9.17, 15) is 13.2 Å². The van der Waals surface area contributed by atoms with E-state index in [4.69, 9.17) is 0 Å². The van der Waals surface area contributed by atoms with Gasteiger partial charge in [-0.25, -0.2) is 0 Å². The molecule has 2 aliphatic rings. The first-order valence-electron chi connectivity index (χ1n) is 9.98. The number of halogens is 3. The third-order valence-corrected chi connectivity index (χ3v) is 6.19. The highest BCUT2D eigenvalue weighted by Gasteiger charge is 2.48. The maximum Gasteiger partial charge on any atom is 0.416 e. The van der Waals surface area contributed by atoms with Gasteiger partial charge in [0.1, 0.15) is 0 Å². The Balaban J connectivity index is 1.32. The van der Waals surface area contributed by atoms with Crippen molar-refractivity contribution in [1.29, 1.82) is 0 Å². The summed E-state index contributed by atoms with van der Waals surface area (Å²) in [5, 5.41) is 0. The van der Waals surface area contributed by atoms with E-state index < -0.39 is 11.7 Å². The monoisotopic (exact) mass is 389 g/mol. The van der Waals surface area contributed by atoms with Gasteiger partial charge in [0.25, 0.3) is 0 Å². The fraction of sp³-hybridized carbons (Fsp3) is 0.500. The average Bonchev–Trinajstić information content (AvgIpc) is 3.48.